The van der Waals surface area contributed by atoms with Crippen LogP contribution in [0.15, 0.2) is 0 Å². The molecule has 0 radical (unpaired) electrons. The lowest BCUT2D eigenvalue weighted by atomic mass is 10.0. The van der Waals surface area contributed by atoms with Gasteiger partial charge in [-0.15, -0.1) is 0 Å². The average Bonchev–Trinajstić information content (AvgIpc) is 2.95. The smallest absolute Gasteiger partial charge is 0.305 e. The second kappa shape index (κ2) is 34.1. The lowest BCUT2D eigenvalue weighted by Gasteiger charge is -2.07. The van der Waals surface area contributed by atoms with Gasteiger partial charge in [-0.2, -0.15) is 0 Å². The van der Waals surface area contributed by atoms with Crippen LogP contribution in [0.25, 0.3) is 0 Å². The maximum atomic E-state index is 11.9. The van der Waals surface area contributed by atoms with Gasteiger partial charge in [0.1, 0.15) is 13.2 Å². The van der Waals surface area contributed by atoms with Crippen LogP contribution in [0.1, 0.15) is 206 Å². The van der Waals surface area contributed by atoms with Crippen molar-refractivity contribution in [3.8, 4) is 0 Å². The Labute approximate surface area is 250 Å². The van der Waals surface area contributed by atoms with Crippen LogP contribution in [0.5, 0.6) is 0 Å². The number of unbranched alkanes of at least 4 members (excludes halogenated alkanes) is 26. The van der Waals surface area contributed by atoms with Gasteiger partial charge >= 0.3 is 11.9 Å². The van der Waals surface area contributed by atoms with Crippen LogP contribution in [0.3, 0.4) is 0 Å². The molecule has 0 saturated carbocycles. The zero-order chi connectivity index (χ0) is 29.2. The number of esters is 2. The van der Waals surface area contributed by atoms with Gasteiger partial charge in [0.2, 0.25) is 0 Å². The van der Waals surface area contributed by atoms with E-state index in [1.54, 1.807) is 0 Å². The molecule has 0 bridgehead atoms. The molecule has 0 fully saturated rings. The molecule has 0 aliphatic carbocycles. The standard InChI is InChI=1S/C36H70O4/c1-3-5-7-9-11-13-15-17-19-21-23-25-27-29-31-35(37)39-33-34-40-36(38)32-30-28-26-24-22-20-18-16-14-12-10-8-6-4-2/h3-34H2,1-2H3. The molecule has 0 aliphatic rings. The molecule has 0 spiro atoms. The number of carbonyl (C=O) groups excluding carboxylic acids is 2. The van der Waals surface area contributed by atoms with E-state index in [2.05, 4.69) is 13.8 Å². The van der Waals surface area contributed by atoms with E-state index in [1.165, 1.54) is 154 Å². The molecule has 238 valence electrons. The fourth-order valence-electron chi connectivity index (χ4n) is 5.38. The van der Waals surface area contributed by atoms with Crippen molar-refractivity contribution in [1.82, 2.24) is 0 Å². The lowest BCUT2D eigenvalue weighted by molar-refractivity contribution is -0.152. The monoisotopic (exact) mass is 567 g/mol. The number of carbonyl (C=O) groups is 2. The molecular formula is C36H70O4. The van der Waals surface area contributed by atoms with Gasteiger partial charge in [-0.1, -0.05) is 181 Å². The van der Waals surface area contributed by atoms with E-state index in [0.29, 0.717) is 12.8 Å². The van der Waals surface area contributed by atoms with E-state index >= 15 is 0 Å². The summed E-state index contributed by atoms with van der Waals surface area (Å²) in [6.07, 6.45) is 37.6. The average molecular weight is 567 g/mol. The van der Waals surface area contributed by atoms with Gasteiger partial charge in [-0.3, -0.25) is 9.59 Å². The van der Waals surface area contributed by atoms with Gasteiger partial charge in [0.05, 0.1) is 0 Å². The molecule has 0 heterocycles. The third-order valence-electron chi connectivity index (χ3n) is 8.08. The molecule has 4 heteroatoms. The summed E-state index contributed by atoms with van der Waals surface area (Å²) < 4.78 is 10.4. The molecule has 0 saturated heterocycles. The van der Waals surface area contributed by atoms with Crippen molar-refractivity contribution in [1.29, 1.82) is 0 Å². The van der Waals surface area contributed by atoms with Gasteiger partial charge in [0, 0.05) is 12.8 Å². The quantitative estimate of drug-likeness (QED) is 0.0585. The van der Waals surface area contributed by atoms with Crippen LogP contribution in [-0.2, 0) is 19.1 Å². The summed E-state index contributed by atoms with van der Waals surface area (Å²) in [7, 11) is 0. The Balaban J connectivity index is 3.26. The fourth-order valence-corrected chi connectivity index (χ4v) is 5.38. The summed E-state index contributed by atoms with van der Waals surface area (Å²) >= 11 is 0. The molecular weight excluding hydrogens is 496 g/mol. The van der Waals surface area contributed by atoms with Gasteiger partial charge in [0.15, 0.2) is 0 Å². The molecule has 0 rings (SSSR count). The highest BCUT2D eigenvalue weighted by atomic mass is 16.6. The molecule has 0 N–H and O–H groups in total. The van der Waals surface area contributed by atoms with E-state index in [-0.39, 0.29) is 25.2 Å². The Morgan fingerprint density at radius 3 is 0.750 bits per heavy atom. The zero-order valence-corrected chi connectivity index (χ0v) is 27.3. The third-order valence-corrected chi connectivity index (χ3v) is 8.08. The lowest BCUT2D eigenvalue weighted by Crippen LogP contribution is -2.13. The Hall–Kier alpha value is -1.06. The Morgan fingerprint density at radius 1 is 0.325 bits per heavy atom. The normalized spacial score (nSPS) is 11.2. The summed E-state index contributed by atoms with van der Waals surface area (Å²) in [4.78, 5) is 23.7. The highest BCUT2D eigenvalue weighted by molar-refractivity contribution is 5.70. The predicted octanol–water partition coefficient (Wildman–Crippen LogP) is 11.8. The minimum atomic E-state index is -0.165. The van der Waals surface area contributed by atoms with Crippen LogP contribution < -0.4 is 0 Å². The number of hydrogen-bond donors (Lipinski definition) is 0. The molecule has 0 aromatic rings. The van der Waals surface area contributed by atoms with E-state index in [1.807, 2.05) is 0 Å². The van der Waals surface area contributed by atoms with Crippen LogP contribution in [0.4, 0.5) is 0 Å². The summed E-state index contributed by atoms with van der Waals surface area (Å²) in [5.74, 6) is -0.330. The number of ether oxygens (including phenoxy) is 2. The molecule has 0 atom stereocenters. The molecule has 4 nitrogen and oxygen atoms in total. The SMILES string of the molecule is CCCCCCCCCCCCCCCCC(=O)OCCOC(=O)CCCCCCCCCCCCCCCC. The molecule has 0 aliphatic heterocycles. The van der Waals surface area contributed by atoms with Crippen molar-refractivity contribution in [3.05, 3.63) is 0 Å². The van der Waals surface area contributed by atoms with Crippen molar-refractivity contribution in [3.63, 3.8) is 0 Å². The molecule has 0 unspecified atom stereocenters. The summed E-state index contributed by atoms with van der Waals surface area (Å²) in [5.41, 5.74) is 0. The summed E-state index contributed by atoms with van der Waals surface area (Å²) in [5, 5.41) is 0. The minimum absolute atomic E-state index is 0.165. The largest absolute Gasteiger partial charge is 0.462 e. The maximum absolute atomic E-state index is 11.9. The van der Waals surface area contributed by atoms with Crippen LogP contribution in [-0.4, -0.2) is 25.2 Å². The zero-order valence-electron chi connectivity index (χ0n) is 27.3. The van der Waals surface area contributed by atoms with Crippen molar-refractivity contribution in [2.24, 2.45) is 0 Å². The molecule has 0 aromatic heterocycles. The molecule has 0 aromatic carbocycles. The van der Waals surface area contributed by atoms with E-state index in [0.717, 1.165) is 25.7 Å². The second-order valence-corrected chi connectivity index (χ2v) is 12.1. The van der Waals surface area contributed by atoms with E-state index in [9.17, 15) is 9.59 Å². The van der Waals surface area contributed by atoms with Gasteiger partial charge in [-0.05, 0) is 12.8 Å². The second-order valence-electron chi connectivity index (χ2n) is 12.1. The fraction of sp³-hybridized carbons (Fsp3) is 0.944. The first-order chi connectivity index (χ1) is 19.7. The van der Waals surface area contributed by atoms with Crippen LogP contribution in [0.2, 0.25) is 0 Å². The van der Waals surface area contributed by atoms with Crippen molar-refractivity contribution < 1.29 is 19.1 Å². The third kappa shape index (κ3) is 33.1. The first-order valence-corrected chi connectivity index (χ1v) is 18.0. The van der Waals surface area contributed by atoms with Crippen molar-refractivity contribution in [2.45, 2.75) is 206 Å². The van der Waals surface area contributed by atoms with E-state index < -0.39 is 0 Å². The maximum Gasteiger partial charge on any atom is 0.305 e. The Kier molecular flexibility index (Phi) is 33.2. The van der Waals surface area contributed by atoms with Gasteiger partial charge < -0.3 is 9.47 Å². The van der Waals surface area contributed by atoms with Crippen LogP contribution >= 0.6 is 0 Å². The van der Waals surface area contributed by atoms with Gasteiger partial charge in [-0.25, -0.2) is 0 Å². The highest BCUT2D eigenvalue weighted by Gasteiger charge is 2.06. The first-order valence-electron chi connectivity index (χ1n) is 18.0. The Morgan fingerprint density at radius 2 is 0.525 bits per heavy atom. The van der Waals surface area contributed by atoms with E-state index in [4.69, 9.17) is 9.47 Å². The molecule has 40 heavy (non-hydrogen) atoms. The minimum Gasteiger partial charge on any atom is -0.462 e. The number of rotatable bonds is 33. The van der Waals surface area contributed by atoms with Crippen molar-refractivity contribution >= 4 is 11.9 Å². The van der Waals surface area contributed by atoms with Gasteiger partial charge in [0.25, 0.3) is 0 Å². The molecule has 0 amide bonds. The predicted molar refractivity (Wildman–Crippen MR) is 172 cm³/mol. The first kappa shape index (κ1) is 38.9. The van der Waals surface area contributed by atoms with Crippen LogP contribution in [0, 0.1) is 0 Å². The summed E-state index contributed by atoms with van der Waals surface area (Å²) in [6.45, 7) is 4.91. The topological polar surface area (TPSA) is 52.6 Å². The Bertz CT molecular complexity index is 473. The summed E-state index contributed by atoms with van der Waals surface area (Å²) in [6, 6.07) is 0. The highest BCUT2D eigenvalue weighted by Crippen LogP contribution is 2.15. The number of hydrogen-bond acceptors (Lipinski definition) is 4. The van der Waals surface area contributed by atoms with Crippen molar-refractivity contribution in [2.75, 3.05) is 13.2 Å².